The van der Waals surface area contributed by atoms with Crippen molar-refractivity contribution in [2.45, 2.75) is 69.8 Å². The molecule has 11 nitrogen and oxygen atoms in total. The number of carbonyl (C=O) groups excluding carboxylic acids is 2. The third-order valence-electron chi connectivity index (χ3n) is 8.66. The lowest BCUT2D eigenvalue weighted by atomic mass is 9.87. The normalized spacial score (nSPS) is 23.1. The van der Waals surface area contributed by atoms with Crippen molar-refractivity contribution >= 4 is 34.4 Å². The van der Waals surface area contributed by atoms with Gasteiger partial charge in [-0.15, -0.1) is 0 Å². The maximum atomic E-state index is 13.9. The second kappa shape index (κ2) is 16.9. The summed E-state index contributed by atoms with van der Waals surface area (Å²) in [6.07, 6.45) is 5.62. The molecule has 0 unspecified atom stereocenters. The van der Waals surface area contributed by atoms with Gasteiger partial charge in [0.1, 0.15) is 12.2 Å². The van der Waals surface area contributed by atoms with E-state index in [9.17, 15) is 24.9 Å². The summed E-state index contributed by atoms with van der Waals surface area (Å²) in [6.45, 7) is 3.60. The summed E-state index contributed by atoms with van der Waals surface area (Å²) in [6, 6.07) is 2.75. The number of methoxy groups -OCH3 is 1. The van der Waals surface area contributed by atoms with Crippen LogP contribution in [0.25, 0.3) is 0 Å². The van der Waals surface area contributed by atoms with E-state index in [1.165, 1.54) is 20.0 Å². The molecule has 43 heavy (non-hydrogen) atoms. The Labute approximate surface area is 267 Å². The molecule has 2 fully saturated rings. The van der Waals surface area contributed by atoms with E-state index in [1.54, 1.807) is 23.1 Å². The maximum Gasteiger partial charge on any atom is 0.247 e. The lowest BCUT2D eigenvalue weighted by Crippen LogP contribution is -2.56. The molecule has 0 aromatic heterocycles. The van der Waals surface area contributed by atoms with Crippen LogP contribution in [-0.2, 0) is 20.9 Å². The second-order valence-electron chi connectivity index (χ2n) is 11.5. The van der Waals surface area contributed by atoms with Crippen LogP contribution in [-0.4, -0.2) is 115 Å². The summed E-state index contributed by atoms with van der Waals surface area (Å²) >= 11 is 2.09. The van der Waals surface area contributed by atoms with Crippen molar-refractivity contribution in [2.75, 3.05) is 59.7 Å². The Morgan fingerprint density at radius 1 is 1.19 bits per heavy atom. The smallest absolute Gasteiger partial charge is 0.247 e. The molecule has 240 valence electrons. The number of ether oxygens (including phenoxy) is 3. The number of morpholine rings is 1. The zero-order chi connectivity index (χ0) is 30.8. The van der Waals surface area contributed by atoms with Crippen LogP contribution in [0.2, 0.25) is 0 Å². The number of nitrogens with zero attached hydrogens (tertiary/aromatic N) is 2. The van der Waals surface area contributed by atoms with Gasteiger partial charge in [-0.2, -0.15) is 0 Å². The molecular weight excluding hydrogens is 669 g/mol. The number of halogens is 1. The zero-order valence-electron chi connectivity index (χ0n) is 25.0. The minimum Gasteiger partial charge on any atom is -0.493 e. The van der Waals surface area contributed by atoms with E-state index in [-0.39, 0.29) is 38.0 Å². The van der Waals surface area contributed by atoms with Gasteiger partial charge in [-0.25, -0.2) is 0 Å². The first-order valence-corrected chi connectivity index (χ1v) is 16.4. The molecule has 1 aromatic rings. The summed E-state index contributed by atoms with van der Waals surface area (Å²) in [5.74, 6) is 0.918. The van der Waals surface area contributed by atoms with Crippen molar-refractivity contribution in [1.82, 2.24) is 15.1 Å². The fourth-order valence-electron chi connectivity index (χ4n) is 6.21. The van der Waals surface area contributed by atoms with Crippen LogP contribution in [0.3, 0.4) is 0 Å². The van der Waals surface area contributed by atoms with Crippen LogP contribution in [0.5, 0.6) is 11.5 Å². The Morgan fingerprint density at radius 2 is 1.93 bits per heavy atom. The predicted molar refractivity (Wildman–Crippen MR) is 169 cm³/mol. The highest BCUT2D eigenvalue weighted by Gasteiger charge is 2.41. The number of aliphatic hydroxyl groups is 3. The van der Waals surface area contributed by atoms with Gasteiger partial charge in [0, 0.05) is 51.1 Å². The second-order valence-corrected chi connectivity index (χ2v) is 12.7. The van der Waals surface area contributed by atoms with Crippen LogP contribution < -0.4 is 14.8 Å². The van der Waals surface area contributed by atoms with Gasteiger partial charge < -0.3 is 39.7 Å². The molecule has 1 saturated carbocycles. The van der Waals surface area contributed by atoms with Crippen LogP contribution in [0.15, 0.2) is 23.8 Å². The van der Waals surface area contributed by atoms with E-state index in [4.69, 9.17) is 14.2 Å². The largest absolute Gasteiger partial charge is 0.493 e. The molecule has 0 radical (unpaired) electrons. The van der Waals surface area contributed by atoms with Crippen molar-refractivity contribution in [3.63, 3.8) is 0 Å². The molecule has 1 heterocycles. The molecule has 4 rings (SSSR count). The van der Waals surface area contributed by atoms with E-state index < -0.39 is 18.2 Å². The monoisotopic (exact) mass is 715 g/mol. The average molecular weight is 716 g/mol. The highest BCUT2D eigenvalue weighted by Crippen LogP contribution is 2.37. The van der Waals surface area contributed by atoms with Gasteiger partial charge >= 0.3 is 0 Å². The third-order valence-corrected chi connectivity index (χ3v) is 9.46. The molecule has 0 spiro atoms. The van der Waals surface area contributed by atoms with Crippen LogP contribution in [0.4, 0.5) is 0 Å². The van der Waals surface area contributed by atoms with Gasteiger partial charge in [0.25, 0.3) is 0 Å². The van der Waals surface area contributed by atoms with Gasteiger partial charge in [-0.05, 0) is 58.7 Å². The number of benzene rings is 1. The third kappa shape index (κ3) is 9.27. The van der Waals surface area contributed by atoms with Crippen molar-refractivity contribution in [3.05, 3.63) is 32.9 Å². The highest BCUT2D eigenvalue weighted by molar-refractivity contribution is 14.1. The van der Waals surface area contributed by atoms with E-state index in [0.717, 1.165) is 32.4 Å². The molecule has 12 heteroatoms. The van der Waals surface area contributed by atoms with E-state index >= 15 is 0 Å². The predicted octanol–water partition coefficient (Wildman–Crippen LogP) is 1.84. The molecule has 2 aliphatic carbocycles. The van der Waals surface area contributed by atoms with Gasteiger partial charge in [-0.1, -0.05) is 25.7 Å². The Balaban J connectivity index is 1.62. The number of amides is 2. The minimum atomic E-state index is -1.12. The number of aliphatic hydroxyl groups excluding tert-OH is 3. The van der Waals surface area contributed by atoms with Crippen LogP contribution in [0, 0.1) is 9.49 Å². The Morgan fingerprint density at radius 3 is 2.60 bits per heavy atom. The first-order chi connectivity index (χ1) is 20.8. The maximum absolute atomic E-state index is 13.9. The quantitative estimate of drug-likeness (QED) is 0.213. The standard InChI is InChI=1S/C31H46IN3O8/c1-41-27-17-22(20-37)16-24(32)30(27)43-26-19-23(31(40)33-8-13-36)18-25(29(26)39)35(10-9-34-11-14-42-15-12-34)28(38)7-6-21-4-2-3-5-21/h16-17,19,21,25-26,29,36-37,39H,2-15,18,20H2,1H3,(H,33,40)/t25-,26+,29+/m1/s1. The number of hydrogen-bond donors (Lipinski definition) is 4. The number of nitrogens with one attached hydrogen (secondary N) is 1. The molecular formula is C31H46IN3O8. The molecule has 1 aromatic carbocycles. The topological polar surface area (TPSA) is 141 Å². The summed E-state index contributed by atoms with van der Waals surface area (Å²) in [5.41, 5.74) is 1.03. The first-order valence-electron chi connectivity index (χ1n) is 15.4. The summed E-state index contributed by atoms with van der Waals surface area (Å²) in [4.78, 5) is 31.1. The van der Waals surface area contributed by atoms with Gasteiger partial charge in [0.2, 0.25) is 11.8 Å². The van der Waals surface area contributed by atoms with Crippen molar-refractivity contribution < 1.29 is 39.1 Å². The molecule has 0 bridgehead atoms. The summed E-state index contributed by atoms with van der Waals surface area (Å²) < 4.78 is 18.1. The van der Waals surface area contributed by atoms with Gasteiger partial charge in [-0.3, -0.25) is 14.5 Å². The van der Waals surface area contributed by atoms with Gasteiger partial charge in [0.15, 0.2) is 11.5 Å². The van der Waals surface area contributed by atoms with E-state index in [1.807, 2.05) is 0 Å². The molecule has 1 aliphatic heterocycles. The summed E-state index contributed by atoms with van der Waals surface area (Å²) in [7, 11) is 1.50. The Hall–Kier alpha value is -1.97. The lowest BCUT2D eigenvalue weighted by Gasteiger charge is -2.41. The number of carbonyl (C=O) groups is 2. The molecule has 3 aliphatic rings. The molecule has 2 amide bonds. The zero-order valence-corrected chi connectivity index (χ0v) is 27.2. The van der Waals surface area contributed by atoms with Gasteiger partial charge in [0.05, 0.1) is 43.1 Å². The summed E-state index contributed by atoms with van der Waals surface area (Å²) in [5, 5.41) is 33.5. The van der Waals surface area contributed by atoms with Crippen molar-refractivity contribution in [2.24, 2.45) is 5.92 Å². The van der Waals surface area contributed by atoms with Crippen molar-refractivity contribution in [3.8, 4) is 11.5 Å². The van der Waals surface area contributed by atoms with E-state index in [0.29, 0.717) is 64.8 Å². The Kier molecular flexibility index (Phi) is 13.3. The molecule has 3 atom stereocenters. The number of rotatable bonds is 14. The molecule has 1 saturated heterocycles. The Bertz CT molecular complexity index is 1110. The fraction of sp³-hybridized carbons (Fsp3) is 0.677. The minimum absolute atomic E-state index is 0.0283. The fourth-order valence-corrected chi connectivity index (χ4v) is 7.01. The average Bonchev–Trinajstić information content (AvgIpc) is 3.55. The SMILES string of the molecule is COc1cc(CO)cc(I)c1O[C@H]1C=C(C(=O)NCCO)C[C@@H](N(CCN2CCOCC2)C(=O)CCC2CCCC2)[C@@H]1O. The highest BCUT2D eigenvalue weighted by atomic mass is 127. The van der Waals surface area contributed by atoms with E-state index in [2.05, 4.69) is 32.8 Å². The lowest BCUT2D eigenvalue weighted by molar-refractivity contribution is -0.139. The molecule has 4 N–H and O–H groups in total. The first kappa shape index (κ1) is 33.9. The van der Waals surface area contributed by atoms with Crippen molar-refractivity contribution in [1.29, 1.82) is 0 Å². The number of hydrogen-bond acceptors (Lipinski definition) is 9. The van der Waals surface area contributed by atoms with Crippen LogP contribution in [0.1, 0.15) is 50.5 Å². The van der Waals surface area contributed by atoms with Crippen LogP contribution >= 0.6 is 22.6 Å².